The van der Waals surface area contributed by atoms with Crippen LogP contribution in [0.15, 0.2) is 12.3 Å². The van der Waals surface area contributed by atoms with Crippen molar-refractivity contribution < 1.29 is 0 Å². The Kier molecular flexibility index (Phi) is 3.72. The Labute approximate surface area is 97.1 Å². The molecule has 0 bridgehead atoms. The molecule has 0 amide bonds. The molecule has 0 radical (unpaired) electrons. The topological polar surface area (TPSA) is 41.0 Å². The van der Waals surface area contributed by atoms with Crippen molar-refractivity contribution >= 4 is 5.95 Å². The molecule has 1 saturated heterocycles. The van der Waals surface area contributed by atoms with Gasteiger partial charge in [-0.25, -0.2) is 9.97 Å². The Hall–Kier alpha value is -1.16. The third-order valence-corrected chi connectivity index (χ3v) is 3.03. The maximum absolute atomic E-state index is 4.46. The van der Waals surface area contributed by atoms with E-state index >= 15 is 0 Å². The molecule has 1 unspecified atom stereocenters. The highest BCUT2D eigenvalue weighted by atomic mass is 15.3. The van der Waals surface area contributed by atoms with Crippen LogP contribution in [0.5, 0.6) is 0 Å². The van der Waals surface area contributed by atoms with Gasteiger partial charge >= 0.3 is 0 Å². The van der Waals surface area contributed by atoms with E-state index in [4.69, 9.17) is 0 Å². The Bertz CT molecular complexity index is 340. The largest absolute Gasteiger partial charge is 0.340 e. The van der Waals surface area contributed by atoms with E-state index in [0.29, 0.717) is 0 Å². The van der Waals surface area contributed by atoms with Crippen molar-refractivity contribution in [2.75, 3.05) is 31.1 Å². The van der Waals surface area contributed by atoms with Crippen LogP contribution in [0.2, 0.25) is 0 Å². The van der Waals surface area contributed by atoms with E-state index in [2.05, 4.69) is 27.1 Å². The van der Waals surface area contributed by atoms with Gasteiger partial charge in [0.15, 0.2) is 0 Å². The average Bonchev–Trinajstić information content (AvgIpc) is 2.75. The molecule has 0 aromatic carbocycles. The monoisotopic (exact) mass is 220 g/mol. The van der Waals surface area contributed by atoms with Crippen LogP contribution in [0.4, 0.5) is 5.95 Å². The van der Waals surface area contributed by atoms with Gasteiger partial charge in [0.25, 0.3) is 0 Å². The zero-order valence-electron chi connectivity index (χ0n) is 10.1. The third kappa shape index (κ3) is 2.70. The van der Waals surface area contributed by atoms with Gasteiger partial charge in [-0.05, 0) is 38.4 Å². The van der Waals surface area contributed by atoms with Crippen molar-refractivity contribution in [2.24, 2.45) is 5.92 Å². The minimum Gasteiger partial charge on any atom is -0.340 e. The zero-order valence-corrected chi connectivity index (χ0v) is 10.1. The lowest BCUT2D eigenvalue weighted by atomic mass is 10.1. The number of hydrogen-bond donors (Lipinski definition) is 1. The minimum absolute atomic E-state index is 0.740. The lowest BCUT2D eigenvalue weighted by Gasteiger charge is -2.16. The van der Waals surface area contributed by atoms with Crippen LogP contribution in [0, 0.1) is 12.8 Å². The Morgan fingerprint density at radius 2 is 2.44 bits per heavy atom. The standard InChI is InChI=1S/C12H20N4/c1-3-13-8-11-5-7-16(9-11)12-14-6-4-10(2)15-12/h4,6,11,13H,3,5,7-9H2,1-2H3. The third-order valence-electron chi connectivity index (χ3n) is 3.03. The normalized spacial score (nSPS) is 20.4. The van der Waals surface area contributed by atoms with E-state index in [-0.39, 0.29) is 0 Å². The fourth-order valence-electron chi connectivity index (χ4n) is 2.12. The van der Waals surface area contributed by atoms with Gasteiger partial charge in [-0.2, -0.15) is 0 Å². The zero-order chi connectivity index (χ0) is 11.4. The van der Waals surface area contributed by atoms with E-state index < -0.39 is 0 Å². The lowest BCUT2D eigenvalue weighted by molar-refractivity contribution is 0.527. The van der Waals surface area contributed by atoms with Gasteiger partial charge in [0.1, 0.15) is 0 Å². The van der Waals surface area contributed by atoms with E-state index in [1.807, 2.05) is 19.2 Å². The van der Waals surface area contributed by atoms with Crippen molar-refractivity contribution in [2.45, 2.75) is 20.3 Å². The van der Waals surface area contributed by atoms with Crippen LogP contribution in [-0.2, 0) is 0 Å². The second kappa shape index (κ2) is 5.25. The average molecular weight is 220 g/mol. The summed E-state index contributed by atoms with van der Waals surface area (Å²) in [4.78, 5) is 11.1. The van der Waals surface area contributed by atoms with Crippen LogP contribution in [-0.4, -0.2) is 36.1 Å². The maximum Gasteiger partial charge on any atom is 0.225 e. The number of nitrogens with zero attached hydrogens (tertiary/aromatic N) is 3. The number of anilines is 1. The molecular weight excluding hydrogens is 200 g/mol. The molecule has 88 valence electrons. The van der Waals surface area contributed by atoms with Crippen molar-refractivity contribution in [1.29, 1.82) is 0 Å². The van der Waals surface area contributed by atoms with Gasteiger partial charge in [0, 0.05) is 25.0 Å². The number of aromatic nitrogens is 2. The molecule has 2 rings (SSSR count). The van der Waals surface area contributed by atoms with Crippen LogP contribution < -0.4 is 10.2 Å². The van der Waals surface area contributed by atoms with Gasteiger partial charge in [0.2, 0.25) is 5.95 Å². The van der Waals surface area contributed by atoms with Gasteiger partial charge < -0.3 is 10.2 Å². The summed E-state index contributed by atoms with van der Waals surface area (Å²) in [7, 11) is 0. The first-order valence-electron chi connectivity index (χ1n) is 6.05. The molecule has 0 saturated carbocycles. The Balaban J connectivity index is 1.93. The predicted molar refractivity (Wildman–Crippen MR) is 65.6 cm³/mol. The van der Waals surface area contributed by atoms with E-state index in [1.165, 1.54) is 6.42 Å². The molecule has 1 atom stereocenters. The quantitative estimate of drug-likeness (QED) is 0.828. The van der Waals surface area contributed by atoms with E-state index in [1.54, 1.807) is 0 Å². The first-order chi connectivity index (χ1) is 7.79. The molecule has 0 spiro atoms. The lowest BCUT2D eigenvalue weighted by Crippen LogP contribution is -2.27. The summed E-state index contributed by atoms with van der Waals surface area (Å²) < 4.78 is 0. The van der Waals surface area contributed by atoms with Gasteiger partial charge in [-0.1, -0.05) is 6.92 Å². The van der Waals surface area contributed by atoms with Crippen molar-refractivity contribution in [1.82, 2.24) is 15.3 Å². The molecule has 1 aliphatic rings. The smallest absolute Gasteiger partial charge is 0.225 e. The summed E-state index contributed by atoms with van der Waals surface area (Å²) in [5, 5.41) is 3.41. The highest BCUT2D eigenvalue weighted by Gasteiger charge is 2.23. The fourth-order valence-corrected chi connectivity index (χ4v) is 2.12. The molecule has 1 aliphatic heterocycles. The number of rotatable bonds is 4. The summed E-state index contributed by atoms with van der Waals surface area (Å²) in [6.45, 7) is 8.49. The number of aryl methyl sites for hydroxylation is 1. The van der Waals surface area contributed by atoms with Crippen molar-refractivity contribution in [3.63, 3.8) is 0 Å². The van der Waals surface area contributed by atoms with E-state index in [9.17, 15) is 0 Å². The summed E-state index contributed by atoms with van der Waals surface area (Å²) >= 11 is 0. The first kappa shape index (κ1) is 11.3. The van der Waals surface area contributed by atoms with Crippen LogP contribution in [0.25, 0.3) is 0 Å². The number of hydrogen-bond acceptors (Lipinski definition) is 4. The molecule has 1 fully saturated rings. The van der Waals surface area contributed by atoms with E-state index in [0.717, 1.165) is 43.7 Å². The van der Waals surface area contributed by atoms with Gasteiger partial charge in [-0.3, -0.25) is 0 Å². The predicted octanol–water partition coefficient (Wildman–Crippen LogP) is 1.22. The summed E-state index contributed by atoms with van der Waals surface area (Å²) in [6.07, 6.45) is 3.08. The van der Waals surface area contributed by atoms with Crippen LogP contribution in [0.1, 0.15) is 19.0 Å². The molecule has 1 N–H and O–H groups in total. The number of nitrogens with one attached hydrogen (secondary N) is 1. The molecule has 2 heterocycles. The molecular formula is C12H20N4. The second-order valence-corrected chi connectivity index (χ2v) is 4.41. The van der Waals surface area contributed by atoms with Gasteiger partial charge in [-0.15, -0.1) is 0 Å². The van der Waals surface area contributed by atoms with Crippen LogP contribution in [0.3, 0.4) is 0 Å². The summed E-state index contributed by atoms with van der Waals surface area (Å²) in [5.74, 6) is 1.63. The molecule has 16 heavy (non-hydrogen) atoms. The van der Waals surface area contributed by atoms with Crippen molar-refractivity contribution in [3.05, 3.63) is 18.0 Å². The molecule has 1 aromatic heterocycles. The Morgan fingerprint density at radius 3 is 3.19 bits per heavy atom. The Morgan fingerprint density at radius 1 is 1.56 bits per heavy atom. The SMILES string of the molecule is CCNCC1CCN(c2nccc(C)n2)C1. The fraction of sp³-hybridized carbons (Fsp3) is 0.667. The maximum atomic E-state index is 4.46. The highest BCUT2D eigenvalue weighted by Crippen LogP contribution is 2.19. The molecule has 1 aromatic rings. The van der Waals surface area contributed by atoms with Crippen molar-refractivity contribution in [3.8, 4) is 0 Å². The first-order valence-corrected chi connectivity index (χ1v) is 6.05. The molecule has 0 aliphatic carbocycles. The van der Waals surface area contributed by atoms with Gasteiger partial charge in [0.05, 0.1) is 0 Å². The molecule has 4 heteroatoms. The van der Waals surface area contributed by atoms with Crippen LogP contribution >= 0.6 is 0 Å². The summed E-state index contributed by atoms with van der Waals surface area (Å²) in [6, 6.07) is 1.94. The minimum atomic E-state index is 0.740. The molecule has 4 nitrogen and oxygen atoms in total. The summed E-state index contributed by atoms with van der Waals surface area (Å²) in [5.41, 5.74) is 1.04. The second-order valence-electron chi connectivity index (χ2n) is 4.41. The highest BCUT2D eigenvalue weighted by molar-refractivity contribution is 5.31.